The number of fused-ring (bicyclic) bond motifs is 1. The Bertz CT molecular complexity index is 947. The van der Waals surface area contributed by atoms with Gasteiger partial charge in [-0.1, -0.05) is 30.2 Å². The minimum atomic E-state index is -0.0594. The first-order chi connectivity index (χ1) is 12.1. The Morgan fingerprint density at radius 3 is 2.88 bits per heavy atom. The van der Waals surface area contributed by atoms with E-state index < -0.39 is 0 Å². The molecular formula is C19H20ClN3OS. The number of benzene rings is 1. The SMILES string of the molecule is CC1CCCCN1Cc1nc2scc(-c3ccc(Cl)cc3)c2c(=O)[nH]1. The van der Waals surface area contributed by atoms with Crippen LogP contribution in [0.3, 0.4) is 0 Å². The predicted octanol–water partition coefficient (Wildman–Crippen LogP) is 4.68. The van der Waals surface area contributed by atoms with E-state index in [9.17, 15) is 4.79 Å². The van der Waals surface area contributed by atoms with Crippen molar-refractivity contribution in [2.24, 2.45) is 0 Å². The molecule has 0 spiro atoms. The number of halogens is 1. The van der Waals surface area contributed by atoms with Crippen LogP contribution in [-0.2, 0) is 6.54 Å². The maximum Gasteiger partial charge on any atom is 0.260 e. The summed E-state index contributed by atoms with van der Waals surface area (Å²) in [5.41, 5.74) is 1.85. The summed E-state index contributed by atoms with van der Waals surface area (Å²) in [5.74, 6) is 0.760. The third kappa shape index (κ3) is 3.36. The Kier molecular flexibility index (Phi) is 4.63. The highest BCUT2D eigenvalue weighted by Gasteiger charge is 2.20. The highest BCUT2D eigenvalue weighted by Crippen LogP contribution is 2.31. The van der Waals surface area contributed by atoms with Crippen LogP contribution in [0.2, 0.25) is 5.02 Å². The van der Waals surface area contributed by atoms with Crippen LogP contribution in [0.25, 0.3) is 21.3 Å². The standard InChI is InChI=1S/C19H20ClN3OS/c1-12-4-2-3-9-23(12)10-16-21-18(24)17-15(11-25-19(17)22-16)13-5-7-14(20)8-6-13/h5-8,11-12H,2-4,9-10H2,1H3,(H,21,22,24). The lowest BCUT2D eigenvalue weighted by molar-refractivity contribution is 0.149. The monoisotopic (exact) mass is 373 g/mol. The highest BCUT2D eigenvalue weighted by molar-refractivity contribution is 7.17. The highest BCUT2D eigenvalue weighted by atomic mass is 35.5. The molecule has 0 radical (unpaired) electrons. The van der Waals surface area contributed by atoms with Gasteiger partial charge in [-0.2, -0.15) is 0 Å². The number of aromatic nitrogens is 2. The summed E-state index contributed by atoms with van der Waals surface area (Å²) in [4.78, 5) is 23.6. The van der Waals surface area contributed by atoms with Crippen molar-refractivity contribution in [3.05, 3.63) is 50.8 Å². The van der Waals surface area contributed by atoms with E-state index >= 15 is 0 Å². The fourth-order valence-electron chi connectivity index (χ4n) is 3.50. The van der Waals surface area contributed by atoms with Crippen molar-refractivity contribution in [3.63, 3.8) is 0 Å². The van der Waals surface area contributed by atoms with Gasteiger partial charge < -0.3 is 4.98 Å². The molecular weight excluding hydrogens is 354 g/mol. The lowest BCUT2D eigenvalue weighted by Gasteiger charge is -2.32. The van der Waals surface area contributed by atoms with E-state index in [4.69, 9.17) is 16.6 Å². The number of nitrogens with zero attached hydrogens (tertiary/aromatic N) is 2. The zero-order chi connectivity index (χ0) is 17.4. The van der Waals surface area contributed by atoms with Crippen molar-refractivity contribution in [2.45, 2.75) is 38.8 Å². The Morgan fingerprint density at radius 2 is 2.12 bits per heavy atom. The quantitative estimate of drug-likeness (QED) is 0.725. The van der Waals surface area contributed by atoms with Crippen LogP contribution in [0.5, 0.6) is 0 Å². The number of aromatic amines is 1. The molecule has 0 amide bonds. The van der Waals surface area contributed by atoms with Crippen LogP contribution in [0.4, 0.5) is 0 Å². The molecule has 25 heavy (non-hydrogen) atoms. The van der Waals surface area contributed by atoms with E-state index in [0.717, 1.165) is 28.3 Å². The summed E-state index contributed by atoms with van der Waals surface area (Å²) in [6, 6.07) is 8.10. The van der Waals surface area contributed by atoms with Crippen molar-refractivity contribution in [1.29, 1.82) is 0 Å². The maximum absolute atomic E-state index is 12.7. The van der Waals surface area contributed by atoms with E-state index in [0.29, 0.717) is 23.0 Å². The summed E-state index contributed by atoms with van der Waals surface area (Å²) in [7, 11) is 0. The summed E-state index contributed by atoms with van der Waals surface area (Å²) in [6.07, 6.45) is 3.72. The molecule has 0 aliphatic carbocycles. The number of likely N-dealkylation sites (tertiary alicyclic amines) is 1. The van der Waals surface area contributed by atoms with Gasteiger partial charge in [-0.3, -0.25) is 9.69 Å². The maximum atomic E-state index is 12.7. The summed E-state index contributed by atoms with van der Waals surface area (Å²) < 4.78 is 0. The molecule has 3 aromatic rings. The molecule has 1 unspecified atom stereocenters. The van der Waals surface area contributed by atoms with E-state index in [1.807, 2.05) is 29.6 Å². The first-order valence-electron chi connectivity index (χ1n) is 8.62. The minimum Gasteiger partial charge on any atom is -0.309 e. The van der Waals surface area contributed by atoms with E-state index in [1.54, 1.807) is 0 Å². The molecule has 130 valence electrons. The van der Waals surface area contributed by atoms with Crippen molar-refractivity contribution in [1.82, 2.24) is 14.9 Å². The first kappa shape index (κ1) is 16.8. The van der Waals surface area contributed by atoms with Gasteiger partial charge in [0.15, 0.2) is 0 Å². The summed E-state index contributed by atoms with van der Waals surface area (Å²) in [6.45, 7) is 4.03. The van der Waals surface area contributed by atoms with Crippen LogP contribution in [-0.4, -0.2) is 27.5 Å². The van der Waals surface area contributed by atoms with Gasteiger partial charge in [0.05, 0.1) is 11.9 Å². The molecule has 1 fully saturated rings. The molecule has 1 aromatic carbocycles. The lowest BCUT2D eigenvalue weighted by atomic mass is 10.0. The second kappa shape index (κ2) is 6.90. The average molecular weight is 374 g/mol. The Morgan fingerprint density at radius 1 is 1.32 bits per heavy atom. The molecule has 0 bridgehead atoms. The van der Waals surface area contributed by atoms with Crippen LogP contribution in [0.15, 0.2) is 34.4 Å². The van der Waals surface area contributed by atoms with Gasteiger partial charge in [0.2, 0.25) is 0 Å². The van der Waals surface area contributed by atoms with Gasteiger partial charge in [0, 0.05) is 22.0 Å². The van der Waals surface area contributed by atoms with Crippen LogP contribution < -0.4 is 5.56 Å². The average Bonchev–Trinajstić information content (AvgIpc) is 3.02. The van der Waals surface area contributed by atoms with Crippen LogP contribution in [0.1, 0.15) is 32.0 Å². The van der Waals surface area contributed by atoms with Gasteiger partial charge in [0.1, 0.15) is 10.7 Å². The summed E-state index contributed by atoms with van der Waals surface area (Å²) >= 11 is 7.49. The van der Waals surface area contributed by atoms with Crippen molar-refractivity contribution in [3.8, 4) is 11.1 Å². The number of H-pyrrole nitrogens is 1. The first-order valence-corrected chi connectivity index (χ1v) is 9.88. The smallest absolute Gasteiger partial charge is 0.260 e. The van der Waals surface area contributed by atoms with E-state index in [-0.39, 0.29) is 5.56 Å². The Labute approximate surface area is 155 Å². The molecule has 1 atom stereocenters. The van der Waals surface area contributed by atoms with E-state index in [1.165, 1.54) is 30.6 Å². The molecule has 0 saturated carbocycles. The molecule has 1 aliphatic heterocycles. The third-order valence-electron chi connectivity index (χ3n) is 4.94. The van der Waals surface area contributed by atoms with Crippen molar-refractivity contribution < 1.29 is 0 Å². The number of thiophene rings is 1. The second-order valence-corrected chi connectivity index (χ2v) is 7.96. The van der Waals surface area contributed by atoms with Crippen molar-refractivity contribution in [2.75, 3.05) is 6.54 Å². The largest absolute Gasteiger partial charge is 0.309 e. The molecule has 1 saturated heterocycles. The Hall–Kier alpha value is -1.69. The number of nitrogens with one attached hydrogen (secondary N) is 1. The molecule has 1 aliphatic rings. The zero-order valence-electron chi connectivity index (χ0n) is 14.1. The molecule has 6 heteroatoms. The second-order valence-electron chi connectivity index (χ2n) is 6.66. The van der Waals surface area contributed by atoms with Crippen molar-refractivity contribution >= 4 is 33.2 Å². The fraction of sp³-hybridized carbons (Fsp3) is 0.368. The Balaban J connectivity index is 1.69. The molecule has 3 heterocycles. The normalized spacial score (nSPS) is 18.7. The third-order valence-corrected chi connectivity index (χ3v) is 6.07. The fourth-order valence-corrected chi connectivity index (χ4v) is 4.59. The van der Waals surface area contributed by atoms with Gasteiger partial charge in [-0.15, -0.1) is 11.3 Å². The lowest BCUT2D eigenvalue weighted by Crippen LogP contribution is -2.37. The number of piperidine rings is 1. The number of rotatable bonds is 3. The minimum absolute atomic E-state index is 0.0594. The molecule has 4 nitrogen and oxygen atoms in total. The zero-order valence-corrected chi connectivity index (χ0v) is 15.7. The van der Waals surface area contributed by atoms with Crippen LogP contribution >= 0.6 is 22.9 Å². The predicted molar refractivity (Wildman–Crippen MR) is 104 cm³/mol. The number of hydrogen-bond acceptors (Lipinski definition) is 4. The molecule has 1 N–H and O–H groups in total. The van der Waals surface area contributed by atoms with Gasteiger partial charge in [-0.25, -0.2) is 4.98 Å². The molecule has 4 rings (SSSR count). The van der Waals surface area contributed by atoms with Gasteiger partial charge >= 0.3 is 0 Å². The summed E-state index contributed by atoms with van der Waals surface area (Å²) in [5, 5.41) is 3.36. The van der Waals surface area contributed by atoms with Gasteiger partial charge in [0.25, 0.3) is 5.56 Å². The topological polar surface area (TPSA) is 49.0 Å². The van der Waals surface area contributed by atoms with E-state index in [2.05, 4.69) is 16.8 Å². The number of hydrogen-bond donors (Lipinski definition) is 1. The van der Waals surface area contributed by atoms with Crippen LogP contribution in [0, 0.1) is 0 Å². The van der Waals surface area contributed by atoms with Gasteiger partial charge in [-0.05, 0) is 44.0 Å². The molecule has 2 aromatic heterocycles.